The van der Waals surface area contributed by atoms with Crippen molar-refractivity contribution in [3.8, 4) is 6.07 Å². The first-order chi connectivity index (χ1) is 12.3. The Morgan fingerprint density at radius 3 is 2.38 bits per heavy atom. The van der Waals surface area contributed by atoms with Gasteiger partial charge in [-0.2, -0.15) is 5.26 Å². The summed E-state index contributed by atoms with van der Waals surface area (Å²) in [6.45, 7) is 5.71. The minimum atomic E-state index is -0.589. The third kappa shape index (κ3) is 4.24. The van der Waals surface area contributed by atoms with Crippen molar-refractivity contribution < 1.29 is 9.72 Å². The molecule has 2 aromatic carbocycles. The number of nitrogens with one attached hydrogen (secondary N) is 2. The second kappa shape index (κ2) is 7.94. The summed E-state index contributed by atoms with van der Waals surface area (Å²) >= 11 is 0. The van der Waals surface area contributed by atoms with Crippen LogP contribution in [0.3, 0.4) is 0 Å². The molecule has 0 heterocycles. The Kier molecular flexibility index (Phi) is 5.71. The van der Waals surface area contributed by atoms with Crippen LogP contribution in [0.15, 0.2) is 48.2 Å². The number of carbonyl (C=O) groups excluding carboxylic acids is 1. The van der Waals surface area contributed by atoms with Gasteiger partial charge in [0.25, 0.3) is 11.6 Å². The van der Waals surface area contributed by atoms with E-state index in [-0.39, 0.29) is 16.9 Å². The van der Waals surface area contributed by atoms with Crippen LogP contribution >= 0.6 is 0 Å². The molecule has 132 valence electrons. The number of hydrogen-bond acceptors (Lipinski definition) is 5. The number of anilines is 2. The summed E-state index contributed by atoms with van der Waals surface area (Å²) in [6, 6.07) is 11.7. The highest BCUT2D eigenvalue weighted by Gasteiger charge is 2.15. The number of benzene rings is 2. The first kappa shape index (κ1) is 18.7. The van der Waals surface area contributed by atoms with Crippen molar-refractivity contribution in [2.45, 2.75) is 20.8 Å². The molecule has 0 radical (unpaired) electrons. The molecule has 0 fully saturated rings. The van der Waals surface area contributed by atoms with Crippen molar-refractivity contribution in [3.05, 3.63) is 75.0 Å². The van der Waals surface area contributed by atoms with Crippen LogP contribution in [0.2, 0.25) is 0 Å². The molecule has 7 nitrogen and oxygen atoms in total. The maximum atomic E-state index is 12.4. The second-order valence-electron chi connectivity index (χ2n) is 5.82. The molecule has 2 aromatic rings. The maximum Gasteiger partial charge on any atom is 0.292 e. The quantitative estimate of drug-likeness (QED) is 0.367. The van der Waals surface area contributed by atoms with Gasteiger partial charge in [0.05, 0.1) is 4.92 Å². The standard InChI is InChI=1S/C19H18N4O3/c1-12-8-13(2)18(14(3)9-12)22-19(24)15(10-20)11-21-16-6-4-5-7-17(16)23(25)26/h4-9,11,21H,1-3H3,(H,22,24)/b15-11-. The molecule has 2 rings (SSSR count). The van der Waals surface area contributed by atoms with E-state index in [1.54, 1.807) is 6.07 Å². The van der Waals surface area contributed by atoms with Crippen LogP contribution in [0.5, 0.6) is 0 Å². The van der Waals surface area contributed by atoms with E-state index in [0.717, 1.165) is 22.9 Å². The van der Waals surface area contributed by atoms with E-state index < -0.39 is 10.8 Å². The van der Waals surface area contributed by atoms with E-state index in [0.29, 0.717) is 5.69 Å². The summed E-state index contributed by atoms with van der Waals surface area (Å²) < 4.78 is 0. The lowest BCUT2D eigenvalue weighted by Gasteiger charge is -2.12. The molecule has 0 unspecified atom stereocenters. The fourth-order valence-electron chi connectivity index (χ4n) is 2.61. The lowest BCUT2D eigenvalue weighted by Crippen LogP contribution is -2.16. The van der Waals surface area contributed by atoms with Crippen LogP contribution in [-0.2, 0) is 4.79 Å². The molecule has 7 heteroatoms. The van der Waals surface area contributed by atoms with Crippen molar-refractivity contribution in [1.29, 1.82) is 5.26 Å². The molecule has 0 saturated carbocycles. The van der Waals surface area contributed by atoms with Crippen molar-refractivity contribution in [1.82, 2.24) is 0 Å². The van der Waals surface area contributed by atoms with Gasteiger partial charge in [-0.15, -0.1) is 0 Å². The molecule has 2 N–H and O–H groups in total. The normalized spacial score (nSPS) is 10.8. The topological polar surface area (TPSA) is 108 Å². The zero-order valence-electron chi connectivity index (χ0n) is 14.7. The summed E-state index contributed by atoms with van der Waals surface area (Å²) in [7, 11) is 0. The summed E-state index contributed by atoms with van der Waals surface area (Å²) in [5, 5.41) is 25.7. The molecule has 0 aliphatic rings. The number of nitro benzene ring substituents is 1. The smallest absolute Gasteiger partial charge is 0.292 e. The van der Waals surface area contributed by atoms with Gasteiger partial charge in [0.2, 0.25) is 0 Å². The van der Waals surface area contributed by atoms with E-state index in [1.165, 1.54) is 18.2 Å². The zero-order chi connectivity index (χ0) is 19.3. The fourth-order valence-corrected chi connectivity index (χ4v) is 2.61. The lowest BCUT2D eigenvalue weighted by molar-refractivity contribution is -0.383. The van der Waals surface area contributed by atoms with Gasteiger partial charge in [0.1, 0.15) is 17.3 Å². The minimum absolute atomic E-state index is 0.147. The van der Waals surface area contributed by atoms with Gasteiger partial charge < -0.3 is 10.6 Å². The van der Waals surface area contributed by atoms with Crippen molar-refractivity contribution in [2.75, 3.05) is 10.6 Å². The SMILES string of the molecule is Cc1cc(C)c(NC(=O)/C(C#N)=C\Nc2ccccc2[N+](=O)[O-])c(C)c1. The maximum absolute atomic E-state index is 12.4. The number of nitrogens with zero attached hydrogens (tertiary/aromatic N) is 2. The van der Waals surface area contributed by atoms with E-state index in [1.807, 2.05) is 39.0 Å². The molecule has 0 atom stereocenters. The number of carbonyl (C=O) groups is 1. The number of rotatable bonds is 5. The van der Waals surface area contributed by atoms with Crippen molar-refractivity contribution in [3.63, 3.8) is 0 Å². The molecule has 0 spiro atoms. The average Bonchev–Trinajstić information content (AvgIpc) is 2.58. The van der Waals surface area contributed by atoms with Crippen LogP contribution in [0.25, 0.3) is 0 Å². The van der Waals surface area contributed by atoms with Gasteiger partial charge in [0.15, 0.2) is 0 Å². The Hall–Kier alpha value is -3.66. The number of nitro groups is 1. The van der Waals surface area contributed by atoms with E-state index in [9.17, 15) is 20.2 Å². The Bertz CT molecular complexity index is 919. The Morgan fingerprint density at radius 2 is 1.81 bits per heavy atom. The predicted molar refractivity (Wildman–Crippen MR) is 99.7 cm³/mol. The van der Waals surface area contributed by atoms with E-state index in [2.05, 4.69) is 10.6 Å². The minimum Gasteiger partial charge on any atom is -0.355 e. The summed E-state index contributed by atoms with van der Waals surface area (Å²) in [6.07, 6.45) is 1.16. The number of para-hydroxylation sites is 2. The van der Waals surface area contributed by atoms with Crippen LogP contribution in [-0.4, -0.2) is 10.8 Å². The van der Waals surface area contributed by atoms with E-state index >= 15 is 0 Å². The average molecular weight is 350 g/mol. The summed E-state index contributed by atoms with van der Waals surface area (Å²) in [5.74, 6) is -0.589. The molecule has 1 amide bonds. The van der Waals surface area contributed by atoms with Gasteiger partial charge in [0, 0.05) is 18.0 Å². The molecule has 0 bridgehead atoms. The number of hydrogen-bond donors (Lipinski definition) is 2. The first-order valence-electron chi connectivity index (χ1n) is 7.83. The van der Waals surface area contributed by atoms with Crippen LogP contribution in [0.1, 0.15) is 16.7 Å². The van der Waals surface area contributed by atoms with Gasteiger partial charge in [-0.1, -0.05) is 29.8 Å². The van der Waals surface area contributed by atoms with Gasteiger partial charge >= 0.3 is 0 Å². The highest BCUT2D eigenvalue weighted by atomic mass is 16.6. The Balaban J connectivity index is 2.24. The largest absolute Gasteiger partial charge is 0.355 e. The molecule has 26 heavy (non-hydrogen) atoms. The van der Waals surface area contributed by atoms with Gasteiger partial charge in [-0.05, 0) is 38.0 Å². The third-order valence-corrected chi connectivity index (χ3v) is 3.75. The summed E-state index contributed by atoms with van der Waals surface area (Å²) in [5.41, 5.74) is 3.36. The molecule has 0 aliphatic heterocycles. The summed E-state index contributed by atoms with van der Waals surface area (Å²) in [4.78, 5) is 22.9. The highest BCUT2D eigenvalue weighted by Crippen LogP contribution is 2.24. The van der Waals surface area contributed by atoms with Gasteiger partial charge in [-0.25, -0.2) is 0 Å². The second-order valence-corrected chi connectivity index (χ2v) is 5.82. The number of nitriles is 1. The van der Waals surface area contributed by atoms with Gasteiger partial charge in [-0.3, -0.25) is 14.9 Å². The van der Waals surface area contributed by atoms with E-state index in [4.69, 9.17) is 0 Å². The lowest BCUT2D eigenvalue weighted by atomic mass is 10.0. The zero-order valence-corrected chi connectivity index (χ0v) is 14.7. The fraction of sp³-hybridized carbons (Fsp3) is 0.158. The third-order valence-electron chi connectivity index (χ3n) is 3.75. The predicted octanol–water partition coefficient (Wildman–Crippen LogP) is 3.98. The highest BCUT2D eigenvalue weighted by molar-refractivity contribution is 6.07. The molecule has 0 aliphatic carbocycles. The van der Waals surface area contributed by atoms with Crippen molar-refractivity contribution >= 4 is 23.0 Å². The molecule has 0 saturated heterocycles. The van der Waals surface area contributed by atoms with Crippen LogP contribution in [0.4, 0.5) is 17.1 Å². The molecular formula is C19H18N4O3. The van der Waals surface area contributed by atoms with Crippen LogP contribution < -0.4 is 10.6 Å². The number of aryl methyl sites for hydroxylation is 3. The van der Waals surface area contributed by atoms with Crippen LogP contribution in [0, 0.1) is 42.2 Å². The molecular weight excluding hydrogens is 332 g/mol. The molecule has 0 aromatic heterocycles. The van der Waals surface area contributed by atoms with Crippen molar-refractivity contribution in [2.24, 2.45) is 0 Å². The Morgan fingerprint density at radius 1 is 1.19 bits per heavy atom. The monoisotopic (exact) mass is 350 g/mol. The Labute approximate surface area is 151 Å². The first-order valence-corrected chi connectivity index (χ1v) is 7.83. The number of amides is 1.